The number of aromatic amines is 1. The van der Waals surface area contributed by atoms with Gasteiger partial charge in [0.15, 0.2) is 5.69 Å². The summed E-state index contributed by atoms with van der Waals surface area (Å²) >= 11 is 0. The normalized spacial score (nSPS) is 13.9. The summed E-state index contributed by atoms with van der Waals surface area (Å²) in [5, 5.41) is 15.4. The molecule has 1 aliphatic heterocycles. The minimum absolute atomic E-state index is 0.256. The average Bonchev–Trinajstić information content (AvgIpc) is 3.24. The van der Waals surface area contributed by atoms with Crippen LogP contribution in [0, 0.1) is 0 Å². The van der Waals surface area contributed by atoms with Crippen molar-refractivity contribution in [3.8, 4) is 0 Å². The molecule has 3 aromatic heterocycles. The fourth-order valence-electron chi connectivity index (χ4n) is 3.68. The first-order chi connectivity index (χ1) is 16.7. The summed E-state index contributed by atoms with van der Waals surface area (Å²) < 4.78 is 31.7. The van der Waals surface area contributed by atoms with Crippen molar-refractivity contribution in [2.45, 2.75) is 6.18 Å². The molecule has 12 heteroatoms. The number of hydrogen-bond donors (Lipinski definition) is 4. The first-order valence-electron chi connectivity index (χ1n) is 10.6. The molecule has 35 heavy (non-hydrogen) atoms. The number of para-hydroxylation sites is 1. The monoisotopic (exact) mass is 486 g/mol. The molecule has 4 heterocycles. The van der Waals surface area contributed by atoms with E-state index in [4.69, 9.17) is 9.90 Å². The number of hydrogen-bond acceptors (Lipinski definition) is 6. The van der Waals surface area contributed by atoms with Crippen molar-refractivity contribution in [1.82, 2.24) is 20.3 Å². The Morgan fingerprint density at radius 1 is 1.00 bits per heavy atom. The second-order valence-electron chi connectivity index (χ2n) is 7.65. The highest BCUT2D eigenvalue weighted by Crippen LogP contribution is 2.27. The van der Waals surface area contributed by atoms with E-state index in [2.05, 4.69) is 30.5 Å². The van der Waals surface area contributed by atoms with Gasteiger partial charge >= 0.3 is 12.1 Å². The number of carbonyl (C=O) groups is 2. The maximum Gasteiger partial charge on any atom is 0.490 e. The Balaban J connectivity index is 0.000000364. The molecule has 0 radical (unpaired) electrons. The van der Waals surface area contributed by atoms with Gasteiger partial charge in [0, 0.05) is 48.7 Å². The minimum atomic E-state index is -5.08. The summed E-state index contributed by atoms with van der Waals surface area (Å²) in [7, 11) is 0. The molecule has 0 unspecified atom stereocenters. The number of carboxylic acids is 1. The summed E-state index contributed by atoms with van der Waals surface area (Å²) in [6.45, 7) is 3.79. The molecule has 0 bridgehead atoms. The number of fused-ring (bicyclic) bond motifs is 3. The number of amides is 1. The van der Waals surface area contributed by atoms with Crippen molar-refractivity contribution < 1.29 is 27.9 Å². The van der Waals surface area contributed by atoms with Gasteiger partial charge < -0.3 is 25.6 Å². The van der Waals surface area contributed by atoms with Crippen LogP contribution >= 0.6 is 0 Å². The lowest BCUT2D eigenvalue weighted by Crippen LogP contribution is -2.43. The summed E-state index contributed by atoms with van der Waals surface area (Å²) in [6, 6.07) is 13.7. The number of aromatic nitrogens is 3. The van der Waals surface area contributed by atoms with E-state index in [1.54, 1.807) is 12.4 Å². The first-order valence-corrected chi connectivity index (χ1v) is 10.6. The van der Waals surface area contributed by atoms with Crippen LogP contribution in [0.15, 0.2) is 54.9 Å². The Labute approximate surface area is 197 Å². The van der Waals surface area contributed by atoms with E-state index in [0.29, 0.717) is 11.4 Å². The lowest BCUT2D eigenvalue weighted by Gasteiger charge is -2.28. The zero-order valence-electron chi connectivity index (χ0n) is 18.3. The van der Waals surface area contributed by atoms with Crippen LogP contribution in [0.4, 0.5) is 24.7 Å². The van der Waals surface area contributed by atoms with Crippen LogP contribution in [0.1, 0.15) is 10.5 Å². The number of nitrogens with one attached hydrogen (secondary N) is 3. The lowest BCUT2D eigenvalue weighted by atomic mass is 10.1. The SMILES string of the molecule is O=C(Nc1ccc(N2CCNCC2)nc1)c1nccc2c1[nH]c1ccccc12.O=C(O)C(F)(F)F. The molecule has 182 valence electrons. The summed E-state index contributed by atoms with van der Waals surface area (Å²) in [5.74, 6) is -2.09. The third-order valence-electron chi connectivity index (χ3n) is 5.33. The highest BCUT2D eigenvalue weighted by Gasteiger charge is 2.38. The molecule has 1 aliphatic rings. The van der Waals surface area contributed by atoms with Crippen LogP contribution in [0.2, 0.25) is 0 Å². The van der Waals surface area contributed by atoms with Crippen molar-refractivity contribution in [2.75, 3.05) is 36.4 Å². The fourth-order valence-corrected chi connectivity index (χ4v) is 3.68. The van der Waals surface area contributed by atoms with Gasteiger partial charge in [-0.15, -0.1) is 0 Å². The molecule has 0 saturated carbocycles. The zero-order valence-corrected chi connectivity index (χ0v) is 18.3. The molecule has 4 N–H and O–H groups in total. The number of rotatable bonds is 3. The van der Waals surface area contributed by atoms with E-state index in [1.165, 1.54) is 0 Å². The molecule has 1 fully saturated rings. The number of nitrogens with zero attached hydrogens (tertiary/aromatic N) is 3. The van der Waals surface area contributed by atoms with Gasteiger partial charge in [-0.05, 0) is 24.3 Å². The number of pyridine rings is 2. The smallest absolute Gasteiger partial charge is 0.475 e. The summed E-state index contributed by atoms with van der Waals surface area (Å²) in [5.41, 5.74) is 2.76. The van der Waals surface area contributed by atoms with Gasteiger partial charge in [-0.3, -0.25) is 4.79 Å². The second kappa shape index (κ2) is 9.97. The van der Waals surface area contributed by atoms with E-state index in [-0.39, 0.29) is 5.91 Å². The van der Waals surface area contributed by atoms with Gasteiger partial charge in [-0.1, -0.05) is 18.2 Å². The highest BCUT2D eigenvalue weighted by molar-refractivity contribution is 6.16. The molecule has 4 aromatic rings. The fraction of sp³-hybridized carbons (Fsp3) is 0.217. The molecule has 0 aliphatic carbocycles. The number of H-pyrrole nitrogens is 1. The van der Waals surface area contributed by atoms with E-state index < -0.39 is 12.1 Å². The van der Waals surface area contributed by atoms with Crippen LogP contribution in [0.5, 0.6) is 0 Å². The van der Waals surface area contributed by atoms with Gasteiger partial charge in [0.25, 0.3) is 5.91 Å². The van der Waals surface area contributed by atoms with Crippen LogP contribution in [-0.2, 0) is 4.79 Å². The van der Waals surface area contributed by atoms with Crippen molar-refractivity contribution in [3.63, 3.8) is 0 Å². The van der Waals surface area contributed by atoms with Crippen LogP contribution in [-0.4, -0.2) is 64.3 Å². The number of alkyl halides is 3. The molecular formula is C23H21F3N6O3. The molecule has 0 spiro atoms. The third-order valence-corrected chi connectivity index (χ3v) is 5.33. The number of anilines is 2. The van der Waals surface area contributed by atoms with E-state index in [1.807, 2.05) is 42.5 Å². The standard InChI is InChI=1S/C21H20N6O.C2HF3O2/c28-21(25-14-5-6-18(24-13-14)27-11-9-22-10-12-27)20-19-16(7-8-23-20)15-3-1-2-4-17(15)26-19;3-2(4,5)1(6)7/h1-8,13,22,26H,9-12H2,(H,25,28);(H,6,7). The predicted octanol–water partition coefficient (Wildman–Crippen LogP) is 3.41. The lowest BCUT2D eigenvalue weighted by molar-refractivity contribution is -0.192. The zero-order chi connectivity index (χ0) is 25.0. The van der Waals surface area contributed by atoms with Gasteiger partial charge in [-0.2, -0.15) is 13.2 Å². The van der Waals surface area contributed by atoms with Gasteiger partial charge in [-0.25, -0.2) is 14.8 Å². The van der Waals surface area contributed by atoms with Crippen molar-refractivity contribution in [2.24, 2.45) is 0 Å². The van der Waals surface area contributed by atoms with E-state index in [9.17, 15) is 18.0 Å². The predicted molar refractivity (Wildman–Crippen MR) is 125 cm³/mol. The Kier molecular flexibility index (Phi) is 6.82. The molecule has 1 amide bonds. The summed E-state index contributed by atoms with van der Waals surface area (Å²) in [6.07, 6.45) is -1.72. The Morgan fingerprint density at radius 2 is 1.71 bits per heavy atom. The van der Waals surface area contributed by atoms with Crippen LogP contribution in [0.25, 0.3) is 21.8 Å². The highest BCUT2D eigenvalue weighted by atomic mass is 19.4. The largest absolute Gasteiger partial charge is 0.490 e. The molecule has 0 atom stereocenters. The maximum absolute atomic E-state index is 12.9. The van der Waals surface area contributed by atoms with Crippen molar-refractivity contribution in [3.05, 3.63) is 60.6 Å². The molecular weight excluding hydrogens is 465 g/mol. The molecule has 1 aromatic carbocycles. The topological polar surface area (TPSA) is 123 Å². The average molecular weight is 486 g/mol. The summed E-state index contributed by atoms with van der Waals surface area (Å²) in [4.78, 5) is 36.1. The number of halogens is 3. The molecule has 5 rings (SSSR count). The van der Waals surface area contributed by atoms with E-state index >= 15 is 0 Å². The van der Waals surface area contributed by atoms with Gasteiger partial charge in [0.1, 0.15) is 5.82 Å². The van der Waals surface area contributed by atoms with Crippen molar-refractivity contribution >= 4 is 45.2 Å². The van der Waals surface area contributed by atoms with Crippen LogP contribution in [0.3, 0.4) is 0 Å². The van der Waals surface area contributed by atoms with Gasteiger partial charge in [0.2, 0.25) is 0 Å². The first kappa shape index (κ1) is 24.0. The molecule has 9 nitrogen and oxygen atoms in total. The van der Waals surface area contributed by atoms with Crippen molar-refractivity contribution in [1.29, 1.82) is 0 Å². The third kappa shape index (κ3) is 5.49. The van der Waals surface area contributed by atoms with Crippen LogP contribution < -0.4 is 15.5 Å². The number of aliphatic carboxylic acids is 1. The van der Waals surface area contributed by atoms with Gasteiger partial charge in [0.05, 0.1) is 17.4 Å². The number of carbonyl (C=O) groups excluding carboxylic acids is 1. The number of carboxylic acid groups (broad SMARTS) is 1. The number of benzene rings is 1. The second-order valence-corrected chi connectivity index (χ2v) is 7.65. The minimum Gasteiger partial charge on any atom is -0.475 e. The quantitative estimate of drug-likeness (QED) is 0.350. The maximum atomic E-state index is 12.9. The Morgan fingerprint density at radius 3 is 2.37 bits per heavy atom. The van der Waals surface area contributed by atoms with E-state index in [0.717, 1.165) is 53.8 Å². The number of piperazine rings is 1. The molecule has 1 saturated heterocycles. The Hall–Kier alpha value is -4.19. The Bertz CT molecular complexity index is 1350.